The number of fused-ring (bicyclic) bond motifs is 10. The third kappa shape index (κ3) is 4.79. The predicted octanol–water partition coefficient (Wildman–Crippen LogP) is 13.0. The molecule has 0 N–H and O–H groups in total. The number of benzene rings is 9. The van der Waals surface area contributed by atoms with E-state index < -0.39 is 316 Å². The molecule has 0 unspecified atom stereocenters. The molecule has 5 heteroatoms. The van der Waals surface area contributed by atoms with Crippen LogP contribution in [0.5, 0.6) is 17.2 Å². The number of rotatable bonds is 4. The zero-order valence-electron chi connectivity index (χ0n) is 60.3. The van der Waals surface area contributed by atoms with Gasteiger partial charge in [-0.2, -0.15) is 0 Å². The Hall–Kier alpha value is -7.76. The van der Waals surface area contributed by atoms with Gasteiger partial charge in [-0.05, 0) is 99.8 Å². The highest BCUT2D eigenvalue weighted by atomic mass is 16.5. The molecule has 2 aliphatic rings. The second-order valence-electron chi connectivity index (χ2n) is 13.1. The lowest BCUT2D eigenvalue weighted by atomic mass is 9.50. The zero-order valence-corrected chi connectivity index (χ0v) is 29.3. The first kappa shape index (κ1) is 14.6. The molecule has 11 aromatic rings. The van der Waals surface area contributed by atoms with E-state index >= 15 is 0 Å². The van der Waals surface area contributed by atoms with Crippen molar-refractivity contribution in [1.82, 2.24) is 4.57 Å². The van der Waals surface area contributed by atoms with Crippen molar-refractivity contribution >= 4 is 61.6 Å². The van der Waals surface area contributed by atoms with Gasteiger partial charge in [-0.3, -0.25) is 0 Å². The van der Waals surface area contributed by atoms with Crippen LogP contribution in [0.1, 0.15) is 42.5 Å². The molecule has 0 radical (unpaired) electrons. The summed E-state index contributed by atoms with van der Waals surface area (Å²) in [5, 5.41) is -1.91. The molecular formula is C54H32BNO3. The lowest BCUT2D eigenvalue weighted by Gasteiger charge is -2.33. The highest BCUT2D eigenvalue weighted by Gasteiger charge is 2.41. The van der Waals surface area contributed by atoms with Crippen LogP contribution in [-0.4, -0.2) is 11.5 Å². The van der Waals surface area contributed by atoms with Gasteiger partial charge in [-0.25, -0.2) is 0 Å². The summed E-state index contributed by atoms with van der Waals surface area (Å²) in [6.07, 6.45) is 0. The quantitative estimate of drug-likeness (QED) is 0.167. The average molecular weight is 785 g/mol. The molecule has 0 bridgehead atoms. The molecule has 0 saturated heterocycles. The lowest BCUT2D eigenvalue weighted by Crippen LogP contribution is -2.53. The predicted molar refractivity (Wildman–Crippen MR) is 242 cm³/mol. The van der Waals surface area contributed by atoms with Crippen molar-refractivity contribution in [1.29, 1.82) is 0 Å². The van der Waals surface area contributed by atoms with Gasteiger partial charge in [0.15, 0.2) is 0 Å². The Balaban J connectivity index is 1.22. The van der Waals surface area contributed by atoms with E-state index in [0.29, 0.717) is 0 Å². The summed E-state index contributed by atoms with van der Waals surface area (Å²) < 4.78 is 304. The number of aromatic nitrogens is 1. The summed E-state index contributed by atoms with van der Waals surface area (Å²) in [4.78, 5) is 0. The van der Waals surface area contributed by atoms with E-state index in [0.717, 1.165) is 10.6 Å². The van der Waals surface area contributed by atoms with E-state index in [2.05, 4.69) is 0 Å². The molecule has 0 spiro atoms. The van der Waals surface area contributed by atoms with Crippen molar-refractivity contribution < 1.29 is 56.3 Å². The number of ether oxygens (including phenoxy) is 1. The van der Waals surface area contributed by atoms with Crippen molar-refractivity contribution in [3.63, 3.8) is 0 Å². The third-order valence-corrected chi connectivity index (χ3v) is 9.97. The highest BCUT2D eigenvalue weighted by molar-refractivity contribution is 6.84. The van der Waals surface area contributed by atoms with Crippen LogP contribution in [0.25, 0.3) is 93.9 Å². The molecule has 274 valence electrons. The van der Waals surface area contributed by atoms with Gasteiger partial charge >= 0.3 is 6.92 Å². The molecule has 2 aromatic heterocycles. The third-order valence-electron chi connectivity index (χ3n) is 9.97. The average Bonchev–Trinajstić information content (AvgIpc) is 0.931. The van der Waals surface area contributed by atoms with Gasteiger partial charge < -0.3 is 18.4 Å². The molecule has 9 aromatic carbocycles. The van der Waals surface area contributed by atoms with Gasteiger partial charge in [-0.1, -0.05) is 127 Å². The van der Waals surface area contributed by atoms with Crippen molar-refractivity contribution in [2.75, 3.05) is 0 Å². The second-order valence-corrected chi connectivity index (χ2v) is 13.1. The van der Waals surface area contributed by atoms with E-state index in [1.807, 2.05) is 0 Å². The standard InChI is InChI=1S/C54H32BNO3/c1-2-14-37(36(13-1)33-25-27-50-42(29-33)41-18-6-11-23-49(41)57-50)34-26-28-51-43(30-34)44-31-35(32-53-54(44)55(59-51)45-19-7-12-24-52(45)58-53)38-15-3-8-20-46(38)56-47-21-9-4-16-39(47)40-17-5-10-22-48(40)56/h1-32H/i1D,2D,3D,4D,5D,6D,7D,8D,9D,11D,12D,13D,14D,15D,16D,17D,18D,19D,20D,21D,22D,23D,24D,25D,26D,27D,28D,29D,30D,31D,32D. The van der Waals surface area contributed by atoms with Gasteiger partial charge in [-0.15, -0.1) is 0 Å². The Morgan fingerprint density at radius 1 is 0.424 bits per heavy atom. The van der Waals surface area contributed by atoms with Gasteiger partial charge in [0, 0.05) is 43.6 Å². The minimum atomic E-state index is -1.98. The molecule has 0 fully saturated rings. The Bertz CT molecular complexity index is 5350. The van der Waals surface area contributed by atoms with E-state index in [1.165, 1.54) is 0 Å². The number of nitrogens with zero attached hydrogens (tertiary/aromatic N) is 1. The summed E-state index contributed by atoms with van der Waals surface area (Å²) >= 11 is 0. The van der Waals surface area contributed by atoms with E-state index in [-0.39, 0.29) is 0 Å². The minimum Gasteiger partial charge on any atom is -0.551 e. The van der Waals surface area contributed by atoms with Gasteiger partial charge in [0.05, 0.1) is 59.2 Å². The number of furan rings is 1. The van der Waals surface area contributed by atoms with Gasteiger partial charge in [0.25, 0.3) is 0 Å². The number of hydrogen-bond donors (Lipinski definition) is 0. The van der Waals surface area contributed by atoms with Crippen LogP contribution in [0.2, 0.25) is 0 Å². The highest BCUT2D eigenvalue weighted by Crippen LogP contribution is 2.46. The minimum absolute atomic E-state index is 0.452. The van der Waals surface area contributed by atoms with Crippen LogP contribution < -0.4 is 20.3 Å². The fraction of sp³-hybridized carbons (Fsp3) is 0. The molecule has 2 aliphatic heterocycles. The summed E-state index contributed by atoms with van der Waals surface area (Å²) in [6, 6.07) is -27.5. The summed E-state index contributed by atoms with van der Waals surface area (Å²) in [5.74, 6) is -2.33. The number of hydrogen-bond acceptors (Lipinski definition) is 3. The first-order valence-corrected chi connectivity index (χ1v) is 17.6. The fourth-order valence-electron chi connectivity index (χ4n) is 7.47. The molecule has 0 aliphatic carbocycles. The molecular weight excluding hydrogens is 721 g/mol. The SMILES string of the molecule is [2H]c1cc([2H])c2c(c1[2H])c1c([2H])c([2H])c([2H])c([2H])c1n2-c1c([2H])c([2H])c([2H])c([2H])c1-c1c([2H])c2c3c(c1[2H])-c1c([2H])c(-c4c([2H])c([2H])c([2H])c([2H])c4-c4c([2H])c([2H])c5oc6c([2H])c([2H])c([2H])c([2H])c6c5c4[2H])c([2H])c([2H])c1OB3c1c([2H])c([2H])c([2H])c([2H])c1O2. The lowest BCUT2D eigenvalue weighted by molar-refractivity contribution is 0.479. The van der Waals surface area contributed by atoms with Crippen LogP contribution >= 0.6 is 0 Å². The Morgan fingerprint density at radius 2 is 1.08 bits per heavy atom. The summed E-state index contributed by atoms with van der Waals surface area (Å²) in [7, 11) is 0. The van der Waals surface area contributed by atoms with Gasteiger partial charge in [0.1, 0.15) is 28.4 Å². The maximum atomic E-state index is 10.4. The molecule has 13 rings (SSSR count). The smallest absolute Gasteiger partial charge is 0.434 e. The first-order valence-electron chi connectivity index (χ1n) is 33.1. The molecule has 0 amide bonds. The van der Waals surface area contributed by atoms with E-state index in [4.69, 9.17) is 38.5 Å². The van der Waals surface area contributed by atoms with Crippen molar-refractivity contribution in [2.24, 2.45) is 0 Å². The van der Waals surface area contributed by atoms with Crippen LogP contribution in [0, 0.1) is 0 Å². The largest absolute Gasteiger partial charge is 0.551 e. The fourth-order valence-corrected chi connectivity index (χ4v) is 7.47. The van der Waals surface area contributed by atoms with Gasteiger partial charge in [0.2, 0.25) is 0 Å². The van der Waals surface area contributed by atoms with Crippen LogP contribution in [0.3, 0.4) is 0 Å². The maximum absolute atomic E-state index is 10.4. The summed E-state index contributed by atoms with van der Waals surface area (Å²) in [5.41, 5.74) is -10.9. The van der Waals surface area contributed by atoms with E-state index in [1.54, 1.807) is 0 Å². The Labute approximate surface area is 383 Å². The molecule has 0 atom stereocenters. The maximum Gasteiger partial charge on any atom is 0.434 e. The van der Waals surface area contributed by atoms with E-state index in [9.17, 15) is 17.8 Å². The first-order chi connectivity index (χ1) is 42.2. The topological polar surface area (TPSA) is 36.5 Å². The molecule has 4 heterocycles. The molecule has 59 heavy (non-hydrogen) atoms. The Kier molecular flexibility index (Phi) is 3.05. The zero-order chi connectivity index (χ0) is 65.6. The monoisotopic (exact) mass is 784 g/mol. The van der Waals surface area contributed by atoms with Crippen LogP contribution in [0.4, 0.5) is 0 Å². The van der Waals surface area contributed by atoms with Crippen LogP contribution in [-0.2, 0) is 0 Å². The normalized spacial score (nSPS) is 20.0. The summed E-state index contributed by atoms with van der Waals surface area (Å²) in [6.45, 7) is -1.98. The van der Waals surface area contributed by atoms with Crippen molar-refractivity contribution in [3.05, 3.63) is 193 Å². The Morgan fingerprint density at radius 3 is 1.98 bits per heavy atom. The number of para-hydroxylation sites is 5. The van der Waals surface area contributed by atoms with Crippen molar-refractivity contribution in [2.45, 2.75) is 0 Å². The molecule has 4 nitrogen and oxygen atoms in total. The van der Waals surface area contributed by atoms with Crippen LogP contribution in [0.15, 0.2) is 198 Å². The second kappa shape index (κ2) is 12.4. The van der Waals surface area contributed by atoms with Crippen molar-refractivity contribution in [3.8, 4) is 67.4 Å². The molecule has 0 saturated carbocycles.